The van der Waals surface area contributed by atoms with E-state index < -0.39 is 0 Å². The molecule has 2 aliphatic rings. The van der Waals surface area contributed by atoms with E-state index in [2.05, 4.69) is 123 Å². The van der Waals surface area contributed by atoms with Gasteiger partial charge in [0.05, 0.1) is 0 Å². The molecule has 0 heterocycles. The van der Waals surface area contributed by atoms with Crippen LogP contribution >= 0.6 is 0 Å². The molecule has 0 bridgehead atoms. The average molecular weight is 547 g/mol. The van der Waals surface area contributed by atoms with E-state index in [0.717, 1.165) is 0 Å². The highest BCUT2D eigenvalue weighted by Crippen LogP contribution is 2.50. The van der Waals surface area contributed by atoms with Gasteiger partial charge in [-0.1, -0.05) is 123 Å². The van der Waals surface area contributed by atoms with E-state index in [0.29, 0.717) is 47.3 Å². The third kappa shape index (κ3) is 7.25. The van der Waals surface area contributed by atoms with Crippen molar-refractivity contribution in [2.45, 2.75) is 136 Å². The van der Waals surface area contributed by atoms with Gasteiger partial charge in [0.1, 0.15) is 0 Å². The van der Waals surface area contributed by atoms with Crippen LogP contribution in [0.4, 0.5) is 0 Å². The second-order valence-electron chi connectivity index (χ2n) is 15.1. The van der Waals surface area contributed by atoms with Crippen LogP contribution in [0.1, 0.15) is 136 Å². The van der Waals surface area contributed by atoms with Gasteiger partial charge in [0.25, 0.3) is 0 Å². The summed E-state index contributed by atoms with van der Waals surface area (Å²) in [7, 11) is 0. The number of allylic oxidation sites excluding steroid dienone is 12. The molecule has 2 aliphatic carbocycles. The predicted octanol–water partition coefficient (Wildman–Crippen LogP) is 12.9. The standard InChI is InChI=1S/C40H66/c1-23(2)33-31(34(24(3)4)38(28(11)12)37(33)27(9)10)21-19-17-18-20-22-32-35(25(5)6)39(29(13)14)40(30(15)16)36(32)26(7)8/h21-30H,17-20H2,1-16H3. The first kappa shape index (κ1) is 34.6. The molecule has 0 radical (unpaired) electrons. The van der Waals surface area contributed by atoms with Crippen molar-refractivity contribution in [3.8, 4) is 0 Å². The molecule has 0 saturated heterocycles. The number of unbranched alkanes of at least 4 members (excludes halogenated alkanes) is 3. The summed E-state index contributed by atoms with van der Waals surface area (Å²) < 4.78 is 0. The monoisotopic (exact) mass is 547 g/mol. The second-order valence-corrected chi connectivity index (χ2v) is 15.1. The van der Waals surface area contributed by atoms with Gasteiger partial charge in [0.2, 0.25) is 0 Å². The summed E-state index contributed by atoms with van der Waals surface area (Å²) in [5.41, 5.74) is 16.3. The normalized spacial score (nSPS) is 17.2. The van der Waals surface area contributed by atoms with Crippen molar-refractivity contribution in [3.63, 3.8) is 0 Å². The Kier molecular flexibility index (Phi) is 12.6. The molecule has 0 atom stereocenters. The highest BCUT2D eigenvalue weighted by molar-refractivity contribution is 5.67. The van der Waals surface area contributed by atoms with Crippen LogP contribution in [0.5, 0.6) is 0 Å². The van der Waals surface area contributed by atoms with Crippen LogP contribution in [0.3, 0.4) is 0 Å². The van der Waals surface area contributed by atoms with E-state index in [1.807, 2.05) is 0 Å². The van der Waals surface area contributed by atoms with Crippen LogP contribution in [0.25, 0.3) is 0 Å². The third-order valence-electron chi connectivity index (χ3n) is 8.88. The van der Waals surface area contributed by atoms with Crippen molar-refractivity contribution in [2.75, 3.05) is 0 Å². The van der Waals surface area contributed by atoms with Crippen molar-refractivity contribution in [1.29, 1.82) is 0 Å². The Balaban J connectivity index is 2.36. The molecule has 0 N–H and O–H groups in total. The Labute approximate surface area is 251 Å². The average Bonchev–Trinajstić information content (AvgIpc) is 3.35. The van der Waals surface area contributed by atoms with Crippen molar-refractivity contribution in [3.05, 3.63) is 67.9 Å². The van der Waals surface area contributed by atoms with E-state index in [1.165, 1.54) is 25.7 Å². The quantitative estimate of drug-likeness (QED) is 0.201. The summed E-state index contributed by atoms with van der Waals surface area (Å²) in [6.07, 6.45) is 10.1. The minimum atomic E-state index is 0.563. The van der Waals surface area contributed by atoms with E-state index >= 15 is 0 Å². The van der Waals surface area contributed by atoms with Gasteiger partial charge in [-0.05, 0) is 129 Å². The zero-order valence-corrected chi connectivity index (χ0v) is 29.6. The second kappa shape index (κ2) is 14.6. The topological polar surface area (TPSA) is 0 Å². The van der Waals surface area contributed by atoms with Gasteiger partial charge in [-0.15, -0.1) is 0 Å². The van der Waals surface area contributed by atoms with Crippen molar-refractivity contribution in [2.24, 2.45) is 47.3 Å². The molecule has 0 aromatic rings. The number of rotatable bonds is 13. The fourth-order valence-corrected chi connectivity index (χ4v) is 7.65. The first-order valence-corrected chi connectivity index (χ1v) is 16.9. The van der Waals surface area contributed by atoms with Crippen LogP contribution in [0.2, 0.25) is 0 Å². The summed E-state index contributed by atoms with van der Waals surface area (Å²) in [5.74, 6) is 4.55. The zero-order valence-electron chi connectivity index (χ0n) is 29.6. The molecule has 0 aliphatic heterocycles. The lowest BCUT2D eigenvalue weighted by Crippen LogP contribution is -2.07. The maximum atomic E-state index is 2.62. The molecular formula is C40H66. The third-order valence-corrected chi connectivity index (χ3v) is 8.88. The molecule has 0 nitrogen and oxygen atoms in total. The Morgan fingerprint density at radius 1 is 0.300 bits per heavy atom. The van der Waals surface area contributed by atoms with Gasteiger partial charge < -0.3 is 0 Å². The number of hydrogen-bond acceptors (Lipinski definition) is 0. The van der Waals surface area contributed by atoms with Crippen molar-refractivity contribution >= 4 is 0 Å². The lowest BCUT2D eigenvalue weighted by atomic mass is 9.84. The minimum Gasteiger partial charge on any atom is -0.0767 e. The van der Waals surface area contributed by atoms with E-state index in [4.69, 9.17) is 0 Å². The molecule has 0 amide bonds. The fourth-order valence-electron chi connectivity index (χ4n) is 7.65. The molecule has 0 fully saturated rings. The summed E-state index contributed by atoms with van der Waals surface area (Å²) >= 11 is 0. The van der Waals surface area contributed by atoms with Crippen molar-refractivity contribution < 1.29 is 0 Å². The number of hydrogen-bond donors (Lipinski definition) is 0. The smallest absolute Gasteiger partial charge is 0.0210 e. The van der Waals surface area contributed by atoms with Gasteiger partial charge in [0, 0.05) is 0 Å². The van der Waals surface area contributed by atoms with E-state index in [1.54, 1.807) is 55.7 Å². The Morgan fingerprint density at radius 3 is 0.625 bits per heavy atom. The molecular weight excluding hydrogens is 480 g/mol. The molecule has 0 saturated carbocycles. The largest absolute Gasteiger partial charge is 0.0767 e. The van der Waals surface area contributed by atoms with Gasteiger partial charge in [0.15, 0.2) is 0 Å². The van der Waals surface area contributed by atoms with Crippen molar-refractivity contribution in [1.82, 2.24) is 0 Å². The molecule has 0 aromatic heterocycles. The maximum Gasteiger partial charge on any atom is -0.0210 e. The highest BCUT2D eigenvalue weighted by atomic mass is 14.4. The van der Waals surface area contributed by atoms with Crippen LogP contribution < -0.4 is 0 Å². The van der Waals surface area contributed by atoms with Gasteiger partial charge in [-0.2, -0.15) is 0 Å². The van der Waals surface area contributed by atoms with Crippen LogP contribution in [0.15, 0.2) is 67.9 Å². The summed E-state index contributed by atoms with van der Waals surface area (Å²) in [6.45, 7) is 38.4. The molecule has 226 valence electrons. The van der Waals surface area contributed by atoms with Gasteiger partial charge >= 0.3 is 0 Å². The Hall–Kier alpha value is -1.56. The van der Waals surface area contributed by atoms with Crippen LogP contribution in [-0.2, 0) is 0 Å². The van der Waals surface area contributed by atoms with Crippen LogP contribution in [-0.4, -0.2) is 0 Å². The Morgan fingerprint density at radius 2 is 0.475 bits per heavy atom. The molecule has 0 heteroatoms. The molecule has 0 spiro atoms. The van der Waals surface area contributed by atoms with Gasteiger partial charge in [-0.3, -0.25) is 0 Å². The highest BCUT2D eigenvalue weighted by Gasteiger charge is 2.35. The zero-order chi connectivity index (χ0) is 30.6. The van der Waals surface area contributed by atoms with E-state index in [-0.39, 0.29) is 0 Å². The summed E-state index contributed by atoms with van der Waals surface area (Å²) in [6, 6.07) is 0. The van der Waals surface area contributed by atoms with E-state index in [9.17, 15) is 0 Å². The Bertz CT molecular complexity index is 913. The predicted molar refractivity (Wildman–Crippen MR) is 181 cm³/mol. The first-order chi connectivity index (χ1) is 18.6. The molecule has 0 unspecified atom stereocenters. The van der Waals surface area contributed by atoms with Gasteiger partial charge in [-0.25, -0.2) is 0 Å². The first-order valence-electron chi connectivity index (χ1n) is 16.9. The summed E-state index contributed by atoms with van der Waals surface area (Å²) in [4.78, 5) is 0. The summed E-state index contributed by atoms with van der Waals surface area (Å²) in [5, 5.41) is 0. The molecule has 40 heavy (non-hydrogen) atoms. The minimum absolute atomic E-state index is 0.563. The molecule has 2 rings (SSSR count). The molecule has 0 aromatic carbocycles. The lowest BCUT2D eigenvalue weighted by molar-refractivity contribution is 0.669. The van der Waals surface area contributed by atoms with Crippen LogP contribution in [0, 0.1) is 47.3 Å². The SMILES string of the molecule is CC(C)C1=C(C(C)C)C(C(C)C)=C(C(C)C)C1=CCCCCC=C1C(C(C)C)=C(C(C)C)C(C(C)C)=C1C(C)C. The lowest BCUT2D eigenvalue weighted by Gasteiger charge is -2.20. The maximum absolute atomic E-state index is 2.62. The fraction of sp³-hybridized carbons (Fsp3) is 0.700.